The lowest BCUT2D eigenvalue weighted by atomic mass is 10.1. The fourth-order valence-corrected chi connectivity index (χ4v) is 2.82. The van der Waals surface area contributed by atoms with Gasteiger partial charge < -0.3 is 25.0 Å². The van der Waals surface area contributed by atoms with Crippen molar-refractivity contribution in [2.45, 2.75) is 19.8 Å². The van der Waals surface area contributed by atoms with E-state index in [1.807, 2.05) is 6.07 Å². The van der Waals surface area contributed by atoms with Crippen molar-refractivity contribution in [3.63, 3.8) is 0 Å². The van der Waals surface area contributed by atoms with Gasteiger partial charge in [-0.2, -0.15) is 0 Å². The first-order valence-electron chi connectivity index (χ1n) is 9.73. The van der Waals surface area contributed by atoms with Gasteiger partial charge >= 0.3 is 0 Å². The Bertz CT molecular complexity index is 510. The number of nitrogens with zero attached hydrogens (tertiary/aromatic N) is 2. The summed E-state index contributed by atoms with van der Waals surface area (Å²) in [4.78, 5) is 6.86. The van der Waals surface area contributed by atoms with Crippen molar-refractivity contribution in [1.82, 2.24) is 10.6 Å². The van der Waals surface area contributed by atoms with Crippen molar-refractivity contribution >= 4 is 35.6 Å². The number of para-hydroxylation sites is 1. The van der Waals surface area contributed by atoms with Gasteiger partial charge in [-0.05, 0) is 31.9 Å². The van der Waals surface area contributed by atoms with Gasteiger partial charge in [-0.3, -0.25) is 4.99 Å². The van der Waals surface area contributed by atoms with Gasteiger partial charge in [0.2, 0.25) is 0 Å². The third kappa shape index (κ3) is 10.2. The van der Waals surface area contributed by atoms with Crippen molar-refractivity contribution in [3.05, 3.63) is 30.3 Å². The highest BCUT2D eigenvalue weighted by Crippen LogP contribution is 2.12. The largest absolute Gasteiger partial charge is 0.381 e. The van der Waals surface area contributed by atoms with Crippen LogP contribution in [0.5, 0.6) is 0 Å². The van der Waals surface area contributed by atoms with Crippen molar-refractivity contribution < 1.29 is 9.47 Å². The van der Waals surface area contributed by atoms with Crippen LogP contribution in [0.4, 0.5) is 5.69 Å². The molecule has 154 valence electrons. The van der Waals surface area contributed by atoms with Crippen LogP contribution >= 0.6 is 24.0 Å². The molecule has 1 atom stereocenters. The molecule has 0 amide bonds. The highest BCUT2D eigenvalue weighted by atomic mass is 127. The molecular weight excluding hydrogens is 455 g/mol. The number of likely N-dealkylation sites (N-methyl/N-ethyl adjacent to an activating group) is 1. The summed E-state index contributed by atoms with van der Waals surface area (Å²) in [6.45, 7) is 8.78. The SMILES string of the molecule is CCNC(=NCCCOCC1CCOC1)NCCN(C)c1ccccc1.I. The van der Waals surface area contributed by atoms with Gasteiger partial charge in [-0.25, -0.2) is 0 Å². The molecule has 1 unspecified atom stereocenters. The first kappa shape index (κ1) is 24.0. The zero-order chi connectivity index (χ0) is 18.5. The number of ether oxygens (including phenoxy) is 2. The minimum atomic E-state index is 0. The van der Waals surface area contributed by atoms with Crippen molar-refractivity contribution in [2.24, 2.45) is 10.9 Å². The van der Waals surface area contributed by atoms with Crippen LogP contribution in [-0.4, -0.2) is 65.6 Å². The van der Waals surface area contributed by atoms with Gasteiger partial charge in [-0.1, -0.05) is 18.2 Å². The summed E-state index contributed by atoms with van der Waals surface area (Å²) in [7, 11) is 2.10. The zero-order valence-electron chi connectivity index (χ0n) is 16.7. The highest BCUT2D eigenvalue weighted by Gasteiger charge is 2.15. The average Bonchev–Trinajstić information content (AvgIpc) is 3.18. The number of hydrogen-bond acceptors (Lipinski definition) is 4. The second-order valence-corrected chi connectivity index (χ2v) is 6.60. The highest BCUT2D eigenvalue weighted by molar-refractivity contribution is 14.0. The Balaban J connectivity index is 0.00000364. The summed E-state index contributed by atoms with van der Waals surface area (Å²) in [5.74, 6) is 1.46. The normalized spacial score (nSPS) is 16.7. The molecule has 0 spiro atoms. The molecule has 0 aliphatic carbocycles. The molecule has 7 heteroatoms. The number of guanidine groups is 1. The van der Waals surface area contributed by atoms with E-state index in [0.717, 1.165) is 71.4 Å². The molecule has 0 bridgehead atoms. The van der Waals surface area contributed by atoms with Crippen molar-refractivity contribution in [1.29, 1.82) is 0 Å². The molecule has 0 radical (unpaired) electrons. The fraction of sp³-hybridized carbons (Fsp3) is 0.650. The predicted octanol–water partition coefficient (Wildman–Crippen LogP) is 2.74. The molecule has 1 aromatic carbocycles. The lowest BCUT2D eigenvalue weighted by molar-refractivity contribution is 0.0893. The van der Waals surface area contributed by atoms with E-state index in [1.165, 1.54) is 5.69 Å². The molecule has 1 aliphatic heterocycles. The Kier molecular flexibility index (Phi) is 13.3. The molecule has 27 heavy (non-hydrogen) atoms. The minimum absolute atomic E-state index is 0. The van der Waals surface area contributed by atoms with Gasteiger partial charge in [0, 0.05) is 58.0 Å². The molecule has 2 rings (SSSR count). The van der Waals surface area contributed by atoms with Gasteiger partial charge in [0.15, 0.2) is 5.96 Å². The van der Waals surface area contributed by atoms with Gasteiger partial charge in [-0.15, -0.1) is 24.0 Å². The fourth-order valence-electron chi connectivity index (χ4n) is 2.82. The number of halogens is 1. The van der Waals surface area contributed by atoms with E-state index < -0.39 is 0 Å². The van der Waals surface area contributed by atoms with Crippen LogP contribution in [0, 0.1) is 5.92 Å². The van der Waals surface area contributed by atoms with Crippen molar-refractivity contribution in [2.75, 3.05) is 64.6 Å². The van der Waals surface area contributed by atoms with E-state index in [4.69, 9.17) is 9.47 Å². The zero-order valence-corrected chi connectivity index (χ0v) is 19.0. The summed E-state index contributed by atoms with van der Waals surface area (Å²) in [6.07, 6.45) is 2.07. The topological polar surface area (TPSA) is 58.1 Å². The number of hydrogen-bond donors (Lipinski definition) is 2. The molecule has 0 saturated carbocycles. The van der Waals surface area contributed by atoms with E-state index in [0.29, 0.717) is 5.92 Å². The second kappa shape index (κ2) is 14.9. The molecule has 2 N–H and O–H groups in total. The summed E-state index contributed by atoms with van der Waals surface area (Å²) in [6, 6.07) is 10.4. The number of nitrogens with one attached hydrogen (secondary N) is 2. The molecule has 0 aromatic heterocycles. The Morgan fingerprint density at radius 3 is 2.81 bits per heavy atom. The Hall–Kier alpha value is -1.06. The van der Waals surface area contributed by atoms with Crippen LogP contribution in [0.1, 0.15) is 19.8 Å². The van der Waals surface area contributed by atoms with Gasteiger partial charge in [0.1, 0.15) is 0 Å². The van der Waals surface area contributed by atoms with Crippen LogP contribution in [-0.2, 0) is 9.47 Å². The van der Waals surface area contributed by atoms with E-state index >= 15 is 0 Å². The summed E-state index contributed by atoms with van der Waals surface area (Å²) >= 11 is 0. The van der Waals surface area contributed by atoms with Gasteiger partial charge in [0.05, 0.1) is 13.2 Å². The Morgan fingerprint density at radius 2 is 2.11 bits per heavy atom. The van der Waals surface area contributed by atoms with Crippen LogP contribution < -0.4 is 15.5 Å². The smallest absolute Gasteiger partial charge is 0.191 e. The lowest BCUT2D eigenvalue weighted by Crippen LogP contribution is -2.41. The average molecular weight is 490 g/mol. The monoisotopic (exact) mass is 490 g/mol. The molecule has 1 fully saturated rings. The maximum Gasteiger partial charge on any atom is 0.191 e. The Morgan fingerprint density at radius 1 is 1.30 bits per heavy atom. The first-order valence-corrected chi connectivity index (χ1v) is 9.73. The summed E-state index contributed by atoms with van der Waals surface area (Å²) in [5, 5.41) is 6.69. The number of anilines is 1. The third-order valence-corrected chi connectivity index (χ3v) is 4.38. The molecule has 6 nitrogen and oxygen atoms in total. The van der Waals surface area contributed by atoms with E-state index in [-0.39, 0.29) is 24.0 Å². The van der Waals surface area contributed by atoms with E-state index in [2.05, 4.69) is 58.8 Å². The maximum atomic E-state index is 5.72. The predicted molar refractivity (Wildman–Crippen MR) is 123 cm³/mol. The van der Waals surface area contributed by atoms with E-state index in [1.54, 1.807) is 0 Å². The third-order valence-electron chi connectivity index (χ3n) is 4.38. The molecule has 1 heterocycles. The number of aliphatic imine (C=N–C) groups is 1. The molecular formula is C20H35IN4O2. The summed E-state index contributed by atoms with van der Waals surface area (Å²) < 4.78 is 11.1. The standard InChI is InChI=1S/C20H34N4O2.HI/c1-3-21-20(22-11-7-14-25-16-18-10-15-26-17-18)23-12-13-24(2)19-8-5-4-6-9-19;/h4-6,8-9,18H,3,7,10-17H2,1-2H3,(H2,21,22,23);1H. The number of benzene rings is 1. The second-order valence-electron chi connectivity index (χ2n) is 6.60. The summed E-state index contributed by atoms with van der Waals surface area (Å²) in [5.41, 5.74) is 1.22. The van der Waals surface area contributed by atoms with Crippen LogP contribution in [0.3, 0.4) is 0 Å². The maximum absolute atomic E-state index is 5.72. The van der Waals surface area contributed by atoms with E-state index in [9.17, 15) is 0 Å². The quantitative estimate of drug-likeness (QED) is 0.216. The lowest BCUT2D eigenvalue weighted by Gasteiger charge is -2.20. The first-order chi connectivity index (χ1) is 12.8. The number of rotatable bonds is 11. The molecule has 1 aromatic rings. The van der Waals surface area contributed by atoms with Gasteiger partial charge in [0.25, 0.3) is 0 Å². The molecule has 1 aliphatic rings. The van der Waals surface area contributed by atoms with Crippen LogP contribution in [0.2, 0.25) is 0 Å². The van der Waals surface area contributed by atoms with Crippen LogP contribution in [0.25, 0.3) is 0 Å². The molecule has 1 saturated heterocycles. The minimum Gasteiger partial charge on any atom is -0.381 e. The van der Waals surface area contributed by atoms with Crippen LogP contribution in [0.15, 0.2) is 35.3 Å². The Labute approximate surface area is 181 Å². The van der Waals surface area contributed by atoms with Crippen molar-refractivity contribution in [3.8, 4) is 0 Å².